The molecule has 3 N–H and O–H groups in total. The van der Waals surface area contributed by atoms with Crippen LogP contribution in [0.1, 0.15) is 11.5 Å². The number of benzene rings is 2. The molecule has 1 atom stereocenters. The fourth-order valence-corrected chi connectivity index (χ4v) is 3.44. The van der Waals surface area contributed by atoms with Gasteiger partial charge in [-0.25, -0.2) is 0 Å². The van der Waals surface area contributed by atoms with Gasteiger partial charge in [0.25, 0.3) is 0 Å². The lowest BCUT2D eigenvalue weighted by Gasteiger charge is -2.14. The van der Waals surface area contributed by atoms with Crippen molar-refractivity contribution in [1.82, 2.24) is 4.98 Å². The lowest BCUT2D eigenvalue weighted by Crippen LogP contribution is -2.14. The maximum atomic E-state index is 5.92. The van der Waals surface area contributed by atoms with E-state index < -0.39 is 0 Å². The molecule has 0 saturated heterocycles. The van der Waals surface area contributed by atoms with Gasteiger partial charge in [-0.2, -0.15) is 0 Å². The number of aromatic nitrogens is 1. The number of nitrogens with one attached hydrogen (secondary N) is 1. The zero-order chi connectivity index (χ0) is 13.8. The maximum absolute atomic E-state index is 5.92. The van der Waals surface area contributed by atoms with Crippen molar-refractivity contribution in [3.63, 3.8) is 0 Å². The molecule has 3 rings (SSSR count). The summed E-state index contributed by atoms with van der Waals surface area (Å²) in [5.74, 6) is 1.39. The van der Waals surface area contributed by atoms with Gasteiger partial charge in [-0.1, -0.05) is 48.5 Å². The smallest absolute Gasteiger partial charge is 0.0732 e. The molecule has 0 aliphatic carbocycles. The summed E-state index contributed by atoms with van der Waals surface area (Å²) >= 11 is 1.84. The Morgan fingerprint density at radius 1 is 1.00 bits per heavy atom. The van der Waals surface area contributed by atoms with Gasteiger partial charge in [0.15, 0.2) is 0 Å². The summed E-state index contributed by atoms with van der Waals surface area (Å²) in [7, 11) is 0. The van der Waals surface area contributed by atoms with E-state index in [1.54, 1.807) is 0 Å². The minimum Gasteiger partial charge on any atom is -0.350 e. The number of rotatable bonds is 5. The molecule has 0 aliphatic rings. The third-order valence-electron chi connectivity index (χ3n) is 3.50. The minimum absolute atomic E-state index is 0.396. The molecule has 0 spiro atoms. The SMILES string of the molecule is NCC(CSc1cc2ccccc2[nH]1)c1ccccc1. The van der Waals surface area contributed by atoms with Crippen LogP contribution in [0.2, 0.25) is 0 Å². The first-order valence-corrected chi connectivity index (χ1v) is 7.81. The quantitative estimate of drug-likeness (QED) is 0.694. The first kappa shape index (κ1) is 13.3. The third kappa shape index (κ3) is 2.89. The van der Waals surface area contributed by atoms with Crippen LogP contribution in [-0.2, 0) is 0 Å². The second-order valence-corrected chi connectivity index (χ2v) is 5.94. The van der Waals surface area contributed by atoms with E-state index in [4.69, 9.17) is 5.73 Å². The molecule has 3 aromatic rings. The van der Waals surface area contributed by atoms with Crippen molar-refractivity contribution in [3.05, 3.63) is 66.2 Å². The monoisotopic (exact) mass is 282 g/mol. The molecular formula is C17H18N2S. The Morgan fingerprint density at radius 3 is 2.50 bits per heavy atom. The van der Waals surface area contributed by atoms with Crippen molar-refractivity contribution in [1.29, 1.82) is 0 Å². The van der Waals surface area contributed by atoms with Crippen LogP contribution >= 0.6 is 11.8 Å². The van der Waals surface area contributed by atoms with E-state index in [-0.39, 0.29) is 0 Å². The molecule has 2 nitrogen and oxygen atoms in total. The van der Waals surface area contributed by atoms with Crippen LogP contribution in [0.5, 0.6) is 0 Å². The van der Waals surface area contributed by atoms with Gasteiger partial charge in [0.1, 0.15) is 0 Å². The highest BCUT2D eigenvalue weighted by molar-refractivity contribution is 7.99. The van der Waals surface area contributed by atoms with Gasteiger partial charge in [-0.05, 0) is 24.2 Å². The topological polar surface area (TPSA) is 41.8 Å². The summed E-state index contributed by atoms with van der Waals surface area (Å²) in [5.41, 5.74) is 8.43. The molecule has 20 heavy (non-hydrogen) atoms. The number of fused-ring (bicyclic) bond motifs is 1. The Hall–Kier alpha value is -1.71. The van der Waals surface area contributed by atoms with Crippen LogP contribution in [0.4, 0.5) is 0 Å². The van der Waals surface area contributed by atoms with Crippen molar-refractivity contribution in [2.45, 2.75) is 10.9 Å². The van der Waals surface area contributed by atoms with Crippen LogP contribution < -0.4 is 5.73 Å². The van der Waals surface area contributed by atoms with E-state index in [0.29, 0.717) is 12.5 Å². The second kappa shape index (κ2) is 6.16. The van der Waals surface area contributed by atoms with Gasteiger partial charge in [-0.15, -0.1) is 11.8 Å². The zero-order valence-electron chi connectivity index (χ0n) is 11.3. The lowest BCUT2D eigenvalue weighted by atomic mass is 10.0. The van der Waals surface area contributed by atoms with E-state index in [1.807, 2.05) is 17.8 Å². The molecule has 1 aromatic heterocycles. The molecule has 0 aliphatic heterocycles. The third-order valence-corrected chi connectivity index (χ3v) is 4.60. The van der Waals surface area contributed by atoms with E-state index in [1.165, 1.54) is 21.5 Å². The Balaban J connectivity index is 1.71. The summed E-state index contributed by atoms with van der Waals surface area (Å²) in [5, 5.41) is 2.47. The van der Waals surface area contributed by atoms with Crippen LogP contribution in [0.25, 0.3) is 10.9 Å². The molecule has 0 fully saturated rings. The van der Waals surface area contributed by atoms with Gasteiger partial charge in [0, 0.05) is 22.6 Å². The molecule has 3 heteroatoms. The molecule has 0 radical (unpaired) electrons. The molecule has 1 heterocycles. The molecule has 102 valence electrons. The summed E-state index contributed by atoms with van der Waals surface area (Å²) in [6, 6.07) is 21.1. The highest BCUT2D eigenvalue weighted by Gasteiger charge is 2.10. The average Bonchev–Trinajstić information content (AvgIpc) is 2.92. The summed E-state index contributed by atoms with van der Waals surface area (Å²) in [6.07, 6.45) is 0. The number of nitrogens with two attached hydrogens (primary N) is 1. The molecule has 1 unspecified atom stereocenters. The lowest BCUT2D eigenvalue weighted by molar-refractivity contribution is 0.785. The Bertz CT molecular complexity index is 643. The van der Waals surface area contributed by atoms with Gasteiger partial charge in [0.05, 0.1) is 5.03 Å². The van der Waals surface area contributed by atoms with Gasteiger partial charge in [-0.3, -0.25) is 0 Å². The number of hydrogen-bond donors (Lipinski definition) is 2. The Labute approximate surface area is 123 Å². The number of hydrogen-bond acceptors (Lipinski definition) is 2. The molecule has 0 amide bonds. The first-order chi connectivity index (χ1) is 9.86. The predicted molar refractivity (Wildman–Crippen MR) is 87.3 cm³/mol. The molecule has 0 bridgehead atoms. The van der Waals surface area contributed by atoms with Crippen molar-refractivity contribution < 1.29 is 0 Å². The van der Waals surface area contributed by atoms with Crippen molar-refractivity contribution in [2.75, 3.05) is 12.3 Å². The van der Waals surface area contributed by atoms with E-state index >= 15 is 0 Å². The number of thioether (sulfide) groups is 1. The molecule has 0 saturated carbocycles. The normalized spacial score (nSPS) is 12.7. The van der Waals surface area contributed by atoms with Gasteiger partial charge < -0.3 is 10.7 Å². The van der Waals surface area contributed by atoms with Crippen LogP contribution in [0.3, 0.4) is 0 Å². The molecular weight excluding hydrogens is 264 g/mol. The van der Waals surface area contributed by atoms with E-state index in [0.717, 1.165) is 5.75 Å². The highest BCUT2D eigenvalue weighted by atomic mass is 32.2. The average molecular weight is 282 g/mol. The van der Waals surface area contributed by atoms with Crippen molar-refractivity contribution in [3.8, 4) is 0 Å². The van der Waals surface area contributed by atoms with E-state index in [9.17, 15) is 0 Å². The summed E-state index contributed by atoms with van der Waals surface area (Å²) in [4.78, 5) is 3.45. The Kier molecular flexibility index (Phi) is 4.09. The first-order valence-electron chi connectivity index (χ1n) is 6.82. The minimum atomic E-state index is 0.396. The number of H-pyrrole nitrogens is 1. The molecule has 2 aromatic carbocycles. The van der Waals surface area contributed by atoms with Gasteiger partial charge in [0.2, 0.25) is 0 Å². The van der Waals surface area contributed by atoms with Crippen molar-refractivity contribution >= 4 is 22.7 Å². The largest absolute Gasteiger partial charge is 0.350 e. The predicted octanol–water partition coefficient (Wildman–Crippen LogP) is 4.00. The zero-order valence-corrected chi connectivity index (χ0v) is 12.1. The van der Waals surface area contributed by atoms with E-state index in [2.05, 4.69) is 59.6 Å². The standard InChI is InChI=1S/C17H18N2S/c18-11-15(13-6-2-1-3-7-13)12-20-17-10-14-8-4-5-9-16(14)19-17/h1-10,15,19H,11-12,18H2. The summed E-state index contributed by atoms with van der Waals surface area (Å²) < 4.78 is 0. The maximum Gasteiger partial charge on any atom is 0.0732 e. The summed E-state index contributed by atoms with van der Waals surface area (Å²) in [6.45, 7) is 0.678. The number of para-hydroxylation sites is 1. The van der Waals surface area contributed by atoms with Crippen LogP contribution in [0, 0.1) is 0 Å². The Morgan fingerprint density at radius 2 is 1.75 bits per heavy atom. The fraction of sp³-hybridized carbons (Fsp3) is 0.176. The second-order valence-electron chi connectivity index (χ2n) is 4.88. The number of aromatic amines is 1. The van der Waals surface area contributed by atoms with Crippen LogP contribution in [0.15, 0.2) is 65.7 Å². The fourth-order valence-electron chi connectivity index (χ4n) is 2.34. The highest BCUT2D eigenvalue weighted by Crippen LogP contribution is 2.27. The van der Waals surface area contributed by atoms with Gasteiger partial charge >= 0.3 is 0 Å². The van der Waals surface area contributed by atoms with Crippen molar-refractivity contribution in [2.24, 2.45) is 5.73 Å². The van der Waals surface area contributed by atoms with Crippen LogP contribution in [-0.4, -0.2) is 17.3 Å².